The van der Waals surface area contributed by atoms with Gasteiger partial charge >= 0.3 is 0 Å². The number of carbonyl (C=O) groups excluding carboxylic acids is 1. The SMILES string of the molecule is CC1(C)CCC[C@]2(C)[C@@H](C=O)[C@](C)(O)CC[C@@H]12.Cc1cc(C)c(C)c(C)c1C. The Morgan fingerprint density at radius 3 is 1.93 bits per heavy atom. The van der Waals surface area contributed by atoms with Crippen molar-refractivity contribution in [1.82, 2.24) is 0 Å². The molecule has 0 bridgehead atoms. The first kappa shape index (κ1) is 23.1. The van der Waals surface area contributed by atoms with E-state index in [2.05, 4.69) is 61.5 Å². The topological polar surface area (TPSA) is 37.3 Å². The largest absolute Gasteiger partial charge is 0.389 e. The Morgan fingerprint density at radius 1 is 0.893 bits per heavy atom. The molecule has 1 aromatic carbocycles. The van der Waals surface area contributed by atoms with E-state index in [0.717, 1.165) is 25.5 Å². The molecule has 2 nitrogen and oxygen atoms in total. The fourth-order valence-electron chi connectivity index (χ4n) is 6.28. The summed E-state index contributed by atoms with van der Waals surface area (Å²) in [6, 6.07) is 2.26. The summed E-state index contributed by atoms with van der Waals surface area (Å²) >= 11 is 0. The fraction of sp³-hybridized carbons (Fsp3) is 0.731. The van der Waals surface area contributed by atoms with Gasteiger partial charge in [-0.2, -0.15) is 0 Å². The molecule has 0 aromatic heterocycles. The summed E-state index contributed by atoms with van der Waals surface area (Å²) in [6.07, 6.45) is 6.36. The first-order chi connectivity index (χ1) is 12.8. The Bertz CT molecular complexity index is 702. The van der Waals surface area contributed by atoms with E-state index in [0.29, 0.717) is 11.3 Å². The monoisotopic (exact) mass is 386 g/mol. The summed E-state index contributed by atoms with van der Waals surface area (Å²) in [6.45, 7) is 19.7. The van der Waals surface area contributed by atoms with Crippen LogP contribution in [-0.4, -0.2) is 17.0 Å². The average molecular weight is 387 g/mol. The van der Waals surface area contributed by atoms with Gasteiger partial charge < -0.3 is 9.90 Å². The molecule has 2 heteroatoms. The highest BCUT2D eigenvalue weighted by molar-refractivity contribution is 5.58. The quantitative estimate of drug-likeness (QED) is 0.566. The van der Waals surface area contributed by atoms with E-state index >= 15 is 0 Å². The first-order valence-electron chi connectivity index (χ1n) is 11.0. The predicted molar refractivity (Wildman–Crippen MR) is 119 cm³/mol. The molecule has 3 rings (SSSR count). The van der Waals surface area contributed by atoms with Crippen LogP contribution in [0.1, 0.15) is 87.6 Å². The highest BCUT2D eigenvalue weighted by Gasteiger charge is 2.57. The molecule has 0 unspecified atom stereocenters. The third kappa shape index (κ3) is 4.08. The zero-order valence-corrected chi connectivity index (χ0v) is 19.7. The minimum absolute atomic E-state index is 0.00868. The van der Waals surface area contributed by atoms with E-state index in [1.807, 2.05) is 6.92 Å². The van der Waals surface area contributed by atoms with Gasteiger partial charge in [-0.25, -0.2) is 0 Å². The molecule has 2 saturated carbocycles. The predicted octanol–water partition coefficient (Wildman–Crippen LogP) is 6.41. The highest BCUT2D eigenvalue weighted by atomic mass is 16.3. The summed E-state index contributed by atoms with van der Waals surface area (Å²) in [4.78, 5) is 11.5. The Labute approximate surface area is 173 Å². The van der Waals surface area contributed by atoms with Crippen LogP contribution in [0.15, 0.2) is 6.07 Å². The maximum Gasteiger partial charge on any atom is 0.126 e. The van der Waals surface area contributed by atoms with Gasteiger partial charge in [0.15, 0.2) is 0 Å². The van der Waals surface area contributed by atoms with Gasteiger partial charge in [0.2, 0.25) is 0 Å². The molecular formula is C26H42O2. The molecule has 4 atom stereocenters. The van der Waals surface area contributed by atoms with E-state index in [4.69, 9.17) is 0 Å². The van der Waals surface area contributed by atoms with Crippen LogP contribution in [0.4, 0.5) is 0 Å². The number of carbonyl (C=O) groups is 1. The molecule has 0 spiro atoms. The lowest BCUT2D eigenvalue weighted by molar-refractivity contribution is -0.169. The lowest BCUT2D eigenvalue weighted by Gasteiger charge is -2.59. The minimum Gasteiger partial charge on any atom is -0.389 e. The summed E-state index contributed by atoms with van der Waals surface area (Å²) in [7, 11) is 0. The summed E-state index contributed by atoms with van der Waals surface area (Å²) in [5.74, 6) is 0.368. The van der Waals surface area contributed by atoms with E-state index in [1.165, 1.54) is 40.7 Å². The number of aliphatic hydroxyl groups is 1. The van der Waals surface area contributed by atoms with Crippen LogP contribution >= 0.6 is 0 Å². The van der Waals surface area contributed by atoms with Crippen molar-refractivity contribution < 1.29 is 9.90 Å². The van der Waals surface area contributed by atoms with Crippen molar-refractivity contribution in [2.75, 3.05) is 0 Å². The van der Waals surface area contributed by atoms with Gasteiger partial charge in [-0.1, -0.05) is 33.3 Å². The molecule has 1 aromatic rings. The van der Waals surface area contributed by atoms with Crippen molar-refractivity contribution in [3.05, 3.63) is 33.9 Å². The second kappa shape index (κ2) is 7.94. The van der Waals surface area contributed by atoms with Gasteiger partial charge in [0.1, 0.15) is 6.29 Å². The van der Waals surface area contributed by atoms with E-state index < -0.39 is 5.60 Å². The van der Waals surface area contributed by atoms with Crippen LogP contribution < -0.4 is 0 Å². The van der Waals surface area contributed by atoms with E-state index in [1.54, 1.807) is 0 Å². The number of hydrogen-bond acceptors (Lipinski definition) is 2. The Hall–Kier alpha value is -1.15. The Balaban J connectivity index is 0.000000221. The van der Waals surface area contributed by atoms with Gasteiger partial charge in [0.05, 0.1) is 5.60 Å². The van der Waals surface area contributed by atoms with Gasteiger partial charge in [-0.05, 0) is 112 Å². The average Bonchev–Trinajstić information content (AvgIpc) is 2.57. The van der Waals surface area contributed by atoms with Gasteiger partial charge in [0.25, 0.3) is 0 Å². The number of fused-ring (bicyclic) bond motifs is 1. The van der Waals surface area contributed by atoms with Crippen molar-refractivity contribution >= 4 is 6.29 Å². The number of hydrogen-bond donors (Lipinski definition) is 1. The second-order valence-electron chi connectivity index (χ2n) is 10.8. The molecule has 0 heterocycles. The Kier molecular flexibility index (Phi) is 6.56. The van der Waals surface area contributed by atoms with Crippen LogP contribution in [0, 0.1) is 57.3 Å². The van der Waals surface area contributed by atoms with Crippen LogP contribution in [0.3, 0.4) is 0 Å². The van der Waals surface area contributed by atoms with E-state index in [-0.39, 0.29) is 11.3 Å². The molecule has 0 saturated heterocycles. The van der Waals surface area contributed by atoms with Crippen molar-refractivity contribution in [1.29, 1.82) is 0 Å². The zero-order valence-electron chi connectivity index (χ0n) is 19.7. The van der Waals surface area contributed by atoms with Crippen LogP contribution in [-0.2, 0) is 4.79 Å². The van der Waals surface area contributed by atoms with Crippen molar-refractivity contribution in [3.8, 4) is 0 Å². The number of aryl methyl sites for hydroxylation is 2. The molecular weight excluding hydrogens is 344 g/mol. The Morgan fingerprint density at radius 2 is 1.43 bits per heavy atom. The molecule has 2 aliphatic carbocycles. The lowest BCUT2D eigenvalue weighted by Crippen LogP contribution is -2.58. The lowest BCUT2D eigenvalue weighted by atomic mass is 9.46. The van der Waals surface area contributed by atoms with Crippen LogP contribution in [0.25, 0.3) is 0 Å². The fourth-order valence-corrected chi connectivity index (χ4v) is 6.28. The van der Waals surface area contributed by atoms with Crippen molar-refractivity contribution in [2.24, 2.45) is 22.7 Å². The van der Waals surface area contributed by atoms with Gasteiger partial charge in [0, 0.05) is 5.92 Å². The molecule has 0 aliphatic heterocycles. The number of benzene rings is 1. The maximum absolute atomic E-state index is 11.5. The summed E-state index contributed by atoms with van der Waals surface area (Å²) in [5.41, 5.74) is 6.64. The van der Waals surface area contributed by atoms with Crippen molar-refractivity contribution in [2.45, 2.75) is 100 Å². The molecule has 2 aliphatic rings. The molecule has 158 valence electrons. The molecule has 0 amide bonds. The number of rotatable bonds is 1. The first-order valence-corrected chi connectivity index (χ1v) is 11.0. The minimum atomic E-state index is -0.805. The third-order valence-electron chi connectivity index (χ3n) is 8.47. The standard InChI is InChI=1S/C15H26O2.C11H16/c1-13(2)7-5-8-14(3)11(13)6-9-15(4,17)12(14)10-16;1-7-6-8(2)10(4)11(5)9(7)3/h10-12,17H,5-9H2,1-4H3;6H,1-5H3/t11-,12+,14-,15+;/m0./s1. The van der Waals surface area contributed by atoms with Gasteiger partial charge in [-0.15, -0.1) is 0 Å². The molecule has 0 radical (unpaired) electrons. The summed E-state index contributed by atoms with van der Waals surface area (Å²) < 4.78 is 0. The van der Waals surface area contributed by atoms with Crippen molar-refractivity contribution in [3.63, 3.8) is 0 Å². The van der Waals surface area contributed by atoms with Gasteiger partial charge in [-0.3, -0.25) is 0 Å². The highest BCUT2D eigenvalue weighted by Crippen LogP contribution is 2.61. The molecule has 2 fully saturated rings. The smallest absolute Gasteiger partial charge is 0.126 e. The maximum atomic E-state index is 11.5. The summed E-state index contributed by atoms with van der Waals surface area (Å²) in [5, 5.41) is 10.5. The van der Waals surface area contributed by atoms with Crippen LogP contribution in [0.2, 0.25) is 0 Å². The molecule has 28 heavy (non-hydrogen) atoms. The normalized spacial score (nSPS) is 34.1. The number of aldehydes is 1. The second-order valence-corrected chi connectivity index (χ2v) is 10.8. The zero-order chi connectivity index (χ0) is 21.5. The molecule has 1 N–H and O–H groups in total. The third-order valence-corrected chi connectivity index (χ3v) is 8.47. The van der Waals surface area contributed by atoms with E-state index in [9.17, 15) is 9.90 Å². The van der Waals surface area contributed by atoms with Crippen LogP contribution in [0.5, 0.6) is 0 Å².